The van der Waals surface area contributed by atoms with Crippen molar-refractivity contribution in [2.24, 2.45) is 0 Å². The third-order valence-corrected chi connectivity index (χ3v) is 4.50. The zero-order chi connectivity index (χ0) is 18.4. The van der Waals surface area contributed by atoms with E-state index in [0.29, 0.717) is 22.9 Å². The highest BCUT2D eigenvalue weighted by atomic mass is 35.5. The molecule has 134 valence electrons. The van der Waals surface area contributed by atoms with Crippen molar-refractivity contribution in [3.05, 3.63) is 100 Å². The molecule has 0 saturated carbocycles. The van der Waals surface area contributed by atoms with Crippen LogP contribution in [-0.4, -0.2) is 0 Å². The number of halogens is 2. The van der Waals surface area contributed by atoms with E-state index in [1.807, 2.05) is 30.3 Å². The van der Waals surface area contributed by atoms with Gasteiger partial charge in [0.25, 0.3) is 0 Å². The molecule has 0 aliphatic heterocycles. The van der Waals surface area contributed by atoms with Gasteiger partial charge in [-0.1, -0.05) is 60.1 Å². The predicted molar refractivity (Wildman–Crippen MR) is 104 cm³/mol. The number of benzene rings is 3. The fourth-order valence-corrected chi connectivity index (χ4v) is 2.92. The molecule has 0 aliphatic rings. The molecular formula is C22H21ClFNO. The summed E-state index contributed by atoms with van der Waals surface area (Å²) in [7, 11) is 0. The van der Waals surface area contributed by atoms with Gasteiger partial charge in [0.2, 0.25) is 0 Å². The Hall–Kier alpha value is -2.36. The van der Waals surface area contributed by atoms with Gasteiger partial charge < -0.3 is 10.1 Å². The Morgan fingerprint density at radius 3 is 2.46 bits per heavy atom. The normalized spacial score (nSPS) is 12.0. The first-order valence-corrected chi connectivity index (χ1v) is 8.94. The van der Waals surface area contributed by atoms with E-state index in [2.05, 4.69) is 24.4 Å². The number of hydrogen-bond donors (Lipinski definition) is 1. The van der Waals surface area contributed by atoms with Gasteiger partial charge in [-0.2, -0.15) is 0 Å². The van der Waals surface area contributed by atoms with Crippen molar-refractivity contribution in [3.8, 4) is 5.75 Å². The molecule has 0 aliphatic carbocycles. The summed E-state index contributed by atoms with van der Waals surface area (Å²) in [5.41, 5.74) is 2.68. The quantitative estimate of drug-likeness (QED) is 0.559. The molecule has 0 bridgehead atoms. The lowest BCUT2D eigenvalue weighted by Crippen LogP contribution is -2.18. The van der Waals surface area contributed by atoms with Crippen LogP contribution in [0.1, 0.15) is 29.7 Å². The highest BCUT2D eigenvalue weighted by Gasteiger charge is 2.10. The smallest absolute Gasteiger partial charge is 0.129 e. The highest BCUT2D eigenvalue weighted by molar-refractivity contribution is 6.30. The van der Waals surface area contributed by atoms with E-state index >= 15 is 0 Å². The van der Waals surface area contributed by atoms with Crippen molar-refractivity contribution in [1.29, 1.82) is 0 Å². The number of hydrogen-bond acceptors (Lipinski definition) is 2. The first-order valence-electron chi connectivity index (χ1n) is 8.56. The largest absolute Gasteiger partial charge is 0.488 e. The van der Waals surface area contributed by atoms with Gasteiger partial charge in [-0.25, -0.2) is 4.39 Å². The van der Waals surface area contributed by atoms with E-state index in [0.717, 1.165) is 5.56 Å². The van der Waals surface area contributed by atoms with Crippen LogP contribution in [0.2, 0.25) is 5.02 Å². The fraction of sp³-hybridized carbons (Fsp3) is 0.182. The average Bonchev–Trinajstić information content (AvgIpc) is 2.67. The van der Waals surface area contributed by atoms with Crippen molar-refractivity contribution in [3.63, 3.8) is 0 Å². The van der Waals surface area contributed by atoms with Crippen LogP contribution in [0.5, 0.6) is 5.75 Å². The predicted octanol–water partition coefficient (Wildman–Crippen LogP) is 5.91. The third-order valence-electron chi connectivity index (χ3n) is 4.26. The molecule has 0 aromatic heterocycles. The van der Waals surface area contributed by atoms with Crippen molar-refractivity contribution >= 4 is 11.6 Å². The minimum absolute atomic E-state index is 0.176. The topological polar surface area (TPSA) is 21.3 Å². The summed E-state index contributed by atoms with van der Waals surface area (Å²) in [5, 5.41) is 4.13. The van der Waals surface area contributed by atoms with E-state index in [-0.39, 0.29) is 18.5 Å². The molecule has 4 heteroatoms. The van der Waals surface area contributed by atoms with Gasteiger partial charge in [-0.15, -0.1) is 0 Å². The molecule has 26 heavy (non-hydrogen) atoms. The Labute approximate surface area is 158 Å². The Balaban J connectivity index is 1.69. The second-order valence-corrected chi connectivity index (χ2v) is 6.58. The fourth-order valence-electron chi connectivity index (χ4n) is 2.72. The molecule has 0 fully saturated rings. The third kappa shape index (κ3) is 4.84. The minimum Gasteiger partial charge on any atom is -0.488 e. The lowest BCUT2D eigenvalue weighted by molar-refractivity contribution is 0.295. The van der Waals surface area contributed by atoms with Gasteiger partial charge in [0.1, 0.15) is 18.2 Å². The van der Waals surface area contributed by atoms with Gasteiger partial charge in [-0.3, -0.25) is 0 Å². The molecule has 3 aromatic rings. The Kier molecular flexibility index (Phi) is 6.26. The van der Waals surface area contributed by atoms with Crippen molar-refractivity contribution in [2.45, 2.75) is 26.1 Å². The number of nitrogens with one attached hydrogen (secondary N) is 1. The first-order chi connectivity index (χ1) is 12.6. The minimum atomic E-state index is -0.265. The Morgan fingerprint density at radius 1 is 0.962 bits per heavy atom. The van der Waals surface area contributed by atoms with Crippen molar-refractivity contribution < 1.29 is 9.13 Å². The van der Waals surface area contributed by atoms with Crippen LogP contribution in [0.15, 0.2) is 72.8 Å². The zero-order valence-electron chi connectivity index (χ0n) is 14.6. The van der Waals surface area contributed by atoms with E-state index in [9.17, 15) is 4.39 Å². The van der Waals surface area contributed by atoms with Gasteiger partial charge >= 0.3 is 0 Å². The summed E-state index contributed by atoms with van der Waals surface area (Å²) in [5.74, 6) is 0.434. The van der Waals surface area contributed by atoms with Crippen LogP contribution in [-0.2, 0) is 13.2 Å². The first kappa shape index (κ1) is 18.4. The van der Waals surface area contributed by atoms with E-state index < -0.39 is 0 Å². The highest BCUT2D eigenvalue weighted by Crippen LogP contribution is 2.25. The SMILES string of the molecule is C[C@H](NCc1cc(Cl)ccc1OCc1ccccc1F)c1ccccc1. The lowest BCUT2D eigenvalue weighted by atomic mass is 10.1. The molecule has 3 rings (SSSR count). The summed E-state index contributed by atoms with van der Waals surface area (Å²) >= 11 is 6.15. The second-order valence-electron chi connectivity index (χ2n) is 6.15. The molecule has 1 atom stereocenters. The molecule has 0 heterocycles. The molecule has 0 amide bonds. The molecule has 3 aromatic carbocycles. The standard InChI is InChI=1S/C22H21ClFNO/c1-16(17-7-3-2-4-8-17)25-14-19-13-20(23)11-12-22(19)26-15-18-9-5-6-10-21(18)24/h2-13,16,25H,14-15H2,1H3/t16-/m0/s1. The summed E-state index contributed by atoms with van der Waals surface area (Å²) in [4.78, 5) is 0. The molecular weight excluding hydrogens is 349 g/mol. The van der Waals surface area contributed by atoms with Crippen molar-refractivity contribution in [1.82, 2.24) is 5.32 Å². The maximum absolute atomic E-state index is 13.8. The summed E-state index contributed by atoms with van der Waals surface area (Å²) in [6.45, 7) is 2.89. The zero-order valence-corrected chi connectivity index (χ0v) is 15.3. The Morgan fingerprint density at radius 2 is 1.69 bits per heavy atom. The van der Waals surface area contributed by atoms with Crippen LogP contribution in [0.3, 0.4) is 0 Å². The van der Waals surface area contributed by atoms with Crippen LogP contribution in [0.4, 0.5) is 4.39 Å². The average molecular weight is 370 g/mol. The van der Waals surface area contributed by atoms with Crippen LogP contribution >= 0.6 is 11.6 Å². The molecule has 0 saturated heterocycles. The van der Waals surface area contributed by atoms with E-state index in [1.54, 1.807) is 24.3 Å². The van der Waals surface area contributed by atoms with E-state index in [1.165, 1.54) is 11.6 Å². The molecule has 0 spiro atoms. The molecule has 1 N–H and O–H groups in total. The van der Waals surface area contributed by atoms with Crippen LogP contribution < -0.4 is 10.1 Å². The summed E-state index contributed by atoms with van der Waals surface area (Å²) < 4.78 is 19.6. The van der Waals surface area contributed by atoms with Gasteiger partial charge in [-0.05, 0) is 36.8 Å². The molecule has 0 unspecified atom stereocenters. The molecule has 2 nitrogen and oxygen atoms in total. The molecule has 0 radical (unpaired) electrons. The van der Waals surface area contributed by atoms with Crippen LogP contribution in [0.25, 0.3) is 0 Å². The lowest BCUT2D eigenvalue weighted by Gasteiger charge is -2.17. The summed E-state index contributed by atoms with van der Waals surface area (Å²) in [6.07, 6.45) is 0. The number of ether oxygens (including phenoxy) is 1. The van der Waals surface area contributed by atoms with Crippen LogP contribution in [0, 0.1) is 5.82 Å². The van der Waals surface area contributed by atoms with Gasteiger partial charge in [0.15, 0.2) is 0 Å². The van der Waals surface area contributed by atoms with E-state index in [4.69, 9.17) is 16.3 Å². The second kappa shape index (κ2) is 8.84. The maximum Gasteiger partial charge on any atom is 0.129 e. The monoisotopic (exact) mass is 369 g/mol. The Bertz CT molecular complexity index is 854. The van der Waals surface area contributed by atoms with Gasteiger partial charge in [0.05, 0.1) is 0 Å². The van der Waals surface area contributed by atoms with Crippen molar-refractivity contribution in [2.75, 3.05) is 0 Å². The summed E-state index contributed by atoms with van der Waals surface area (Å²) in [6, 6.07) is 22.5. The maximum atomic E-state index is 13.8. The van der Waals surface area contributed by atoms with Gasteiger partial charge in [0, 0.05) is 28.7 Å². The number of rotatable bonds is 7.